The largest absolute Gasteiger partial charge is 0.374 e. The fraction of sp³-hybridized carbons (Fsp3) is 0.588. The zero-order chi connectivity index (χ0) is 16.1. The van der Waals surface area contributed by atoms with Gasteiger partial charge in [0.2, 0.25) is 5.91 Å². The van der Waals surface area contributed by atoms with Gasteiger partial charge in [-0.15, -0.1) is 0 Å². The zero-order valence-electron chi connectivity index (χ0n) is 13.8. The first kappa shape index (κ1) is 16.9. The molecule has 1 heterocycles. The Morgan fingerprint density at radius 3 is 2.95 bits per heavy atom. The molecule has 0 aliphatic carbocycles. The number of carbonyl (C=O) groups excluding carboxylic acids is 1. The number of benzene rings is 1. The van der Waals surface area contributed by atoms with Gasteiger partial charge in [0.25, 0.3) is 0 Å². The van der Waals surface area contributed by atoms with Gasteiger partial charge in [0.15, 0.2) is 0 Å². The van der Waals surface area contributed by atoms with Crippen LogP contribution >= 0.6 is 0 Å². The normalized spacial score (nSPS) is 19.5. The van der Waals surface area contributed by atoms with Crippen molar-refractivity contribution in [3.05, 3.63) is 34.9 Å². The summed E-state index contributed by atoms with van der Waals surface area (Å²) in [5.41, 5.74) is 9.32. The van der Waals surface area contributed by atoms with Crippen molar-refractivity contribution in [2.75, 3.05) is 39.8 Å². The van der Waals surface area contributed by atoms with E-state index in [0.29, 0.717) is 0 Å². The van der Waals surface area contributed by atoms with Crippen LogP contribution in [0.3, 0.4) is 0 Å². The van der Waals surface area contributed by atoms with E-state index in [1.807, 2.05) is 11.9 Å². The Bertz CT molecular complexity index is 519. The van der Waals surface area contributed by atoms with E-state index in [9.17, 15) is 4.79 Å². The standard InChI is InChI=1S/C17H27N3O2/c1-13-5-4-6-15(14(13)2)9-20-7-8-22-16(11-20)10-19(3)12-17(18)21/h4-6,16H,7-12H2,1-3H3,(H2,18,21). The smallest absolute Gasteiger partial charge is 0.231 e. The third-order valence-corrected chi connectivity index (χ3v) is 4.27. The second kappa shape index (κ2) is 7.72. The number of hydrogen-bond acceptors (Lipinski definition) is 4. The zero-order valence-corrected chi connectivity index (χ0v) is 13.8. The number of ether oxygens (including phenoxy) is 1. The summed E-state index contributed by atoms with van der Waals surface area (Å²) in [5, 5.41) is 0. The number of nitrogens with two attached hydrogens (primary N) is 1. The van der Waals surface area contributed by atoms with Gasteiger partial charge in [0.1, 0.15) is 0 Å². The molecule has 1 aliphatic rings. The molecule has 5 heteroatoms. The minimum Gasteiger partial charge on any atom is -0.374 e. The van der Waals surface area contributed by atoms with Crippen molar-refractivity contribution in [2.45, 2.75) is 26.5 Å². The second-order valence-electron chi connectivity index (χ2n) is 6.25. The predicted molar refractivity (Wildman–Crippen MR) is 87.6 cm³/mol. The summed E-state index contributed by atoms with van der Waals surface area (Å²) in [6, 6.07) is 6.47. The van der Waals surface area contributed by atoms with Gasteiger partial charge in [-0.05, 0) is 37.6 Å². The molecule has 2 rings (SSSR count). The van der Waals surface area contributed by atoms with Crippen molar-refractivity contribution in [1.82, 2.24) is 9.80 Å². The number of morpholine rings is 1. The summed E-state index contributed by atoms with van der Waals surface area (Å²) in [7, 11) is 1.90. The molecule has 1 aromatic rings. The lowest BCUT2D eigenvalue weighted by Gasteiger charge is -2.35. The van der Waals surface area contributed by atoms with Crippen LogP contribution in [0.15, 0.2) is 18.2 Å². The van der Waals surface area contributed by atoms with E-state index in [1.165, 1.54) is 16.7 Å². The first-order valence-electron chi connectivity index (χ1n) is 7.81. The van der Waals surface area contributed by atoms with Gasteiger partial charge in [-0.3, -0.25) is 14.6 Å². The molecular weight excluding hydrogens is 278 g/mol. The van der Waals surface area contributed by atoms with Crippen LogP contribution in [0.5, 0.6) is 0 Å². The number of carbonyl (C=O) groups is 1. The minimum absolute atomic E-state index is 0.128. The summed E-state index contributed by atoms with van der Waals surface area (Å²) in [5.74, 6) is -0.300. The van der Waals surface area contributed by atoms with Crippen LogP contribution in [0.1, 0.15) is 16.7 Å². The maximum Gasteiger partial charge on any atom is 0.231 e. The van der Waals surface area contributed by atoms with E-state index in [4.69, 9.17) is 10.5 Å². The molecule has 1 unspecified atom stereocenters. The van der Waals surface area contributed by atoms with Crippen molar-refractivity contribution in [3.63, 3.8) is 0 Å². The molecule has 1 atom stereocenters. The minimum atomic E-state index is -0.300. The maximum atomic E-state index is 11.0. The van der Waals surface area contributed by atoms with Crippen molar-refractivity contribution in [3.8, 4) is 0 Å². The predicted octanol–water partition coefficient (Wildman–Crippen LogP) is 0.921. The molecule has 1 amide bonds. The summed E-state index contributed by atoms with van der Waals surface area (Å²) in [6.45, 7) is 8.86. The van der Waals surface area contributed by atoms with E-state index < -0.39 is 0 Å². The van der Waals surface area contributed by atoms with Gasteiger partial charge in [-0.25, -0.2) is 0 Å². The van der Waals surface area contributed by atoms with Crippen molar-refractivity contribution < 1.29 is 9.53 Å². The Kier molecular flexibility index (Phi) is 5.94. The molecular formula is C17H27N3O2. The summed E-state index contributed by atoms with van der Waals surface area (Å²) in [4.78, 5) is 15.3. The third kappa shape index (κ3) is 4.80. The Morgan fingerprint density at radius 1 is 1.45 bits per heavy atom. The molecule has 0 aromatic heterocycles. The topological polar surface area (TPSA) is 58.8 Å². The van der Waals surface area contributed by atoms with Crippen LogP contribution in [0.25, 0.3) is 0 Å². The summed E-state index contributed by atoms with van der Waals surface area (Å²) >= 11 is 0. The highest BCUT2D eigenvalue weighted by molar-refractivity contribution is 5.75. The van der Waals surface area contributed by atoms with Crippen LogP contribution in [0.4, 0.5) is 0 Å². The van der Waals surface area contributed by atoms with Gasteiger partial charge in [0, 0.05) is 26.2 Å². The molecule has 1 aliphatic heterocycles. The fourth-order valence-corrected chi connectivity index (χ4v) is 2.94. The SMILES string of the molecule is Cc1cccc(CN2CCOC(CN(C)CC(N)=O)C2)c1C. The number of amides is 1. The van der Waals surface area contributed by atoms with Crippen LogP contribution in [0.2, 0.25) is 0 Å². The van der Waals surface area contributed by atoms with E-state index in [0.717, 1.165) is 32.8 Å². The van der Waals surface area contributed by atoms with Crippen LogP contribution in [-0.4, -0.2) is 61.6 Å². The molecule has 1 saturated heterocycles. The number of hydrogen-bond donors (Lipinski definition) is 1. The Hall–Kier alpha value is -1.43. The molecule has 0 saturated carbocycles. The van der Waals surface area contributed by atoms with Gasteiger partial charge in [-0.1, -0.05) is 18.2 Å². The molecule has 2 N–H and O–H groups in total. The molecule has 0 spiro atoms. The lowest BCUT2D eigenvalue weighted by molar-refractivity contribution is -0.119. The summed E-state index contributed by atoms with van der Waals surface area (Å²) in [6.07, 6.45) is 0.128. The first-order chi connectivity index (χ1) is 10.5. The number of nitrogens with zero attached hydrogens (tertiary/aromatic N) is 2. The number of rotatable bonds is 6. The Morgan fingerprint density at radius 2 is 2.23 bits per heavy atom. The molecule has 122 valence electrons. The Labute approximate surface area is 133 Å². The van der Waals surface area contributed by atoms with Gasteiger partial charge < -0.3 is 10.5 Å². The molecule has 0 bridgehead atoms. The molecule has 5 nitrogen and oxygen atoms in total. The molecule has 1 aromatic carbocycles. The van der Waals surface area contributed by atoms with E-state index in [2.05, 4.69) is 36.9 Å². The van der Waals surface area contributed by atoms with Crippen LogP contribution < -0.4 is 5.73 Å². The van der Waals surface area contributed by atoms with Crippen LogP contribution in [0, 0.1) is 13.8 Å². The highest BCUT2D eigenvalue weighted by Gasteiger charge is 2.22. The maximum absolute atomic E-state index is 11.0. The van der Waals surface area contributed by atoms with Crippen molar-refractivity contribution in [2.24, 2.45) is 5.73 Å². The van der Waals surface area contributed by atoms with Gasteiger partial charge in [-0.2, -0.15) is 0 Å². The number of primary amides is 1. The highest BCUT2D eigenvalue weighted by atomic mass is 16.5. The lowest BCUT2D eigenvalue weighted by Crippen LogP contribution is -2.47. The quantitative estimate of drug-likeness (QED) is 0.849. The van der Waals surface area contributed by atoms with E-state index in [1.54, 1.807) is 0 Å². The number of aryl methyl sites for hydroxylation is 1. The number of likely N-dealkylation sites (N-methyl/N-ethyl adjacent to an activating group) is 1. The molecule has 1 fully saturated rings. The van der Waals surface area contributed by atoms with Crippen LogP contribution in [-0.2, 0) is 16.1 Å². The monoisotopic (exact) mass is 305 g/mol. The second-order valence-corrected chi connectivity index (χ2v) is 6.25. The fourth-order valence-electron chi connectivity index (χ4n) is 2.94. The van der Waals surface area contributed by atoms with E-state index in [-0.39, 0.29) is 18.6 Å². The first-order valence-corrected chi connectivity index (χ1v) is 7.81. The van der Waals surface area contributed by atoms with E-state index >= 15 is 0 Å². The Balaban J connectivity index is 1.90. The van der Waals surface area contributed by atoms with Crippen molar-refractivity contribution in [1.29, 1.82) is 0 Å². The molecule has 22 heavy (non-hydrogen) atoms. The highest BCUT2D eigenvalue weighted by Crippen LogP contribution is 2.17. The van der Waals surface area contributed by atoms with Crippen molar-refractivity contribution >= 4 is 5.91 Å². The molecule has 0 radical (unpaired) electrons. The lowest BCUT2D eigenvalue weighted by atomic mass is 10.0. The third-order valence-electron chi connectivity index (χ3n) is 4.27. The summed E-state index contributed by atoms with van der Waals surface area (Å²) < 4.78 is 5.82. The average Bonchev–Trinajstić information content (AvgIpc) is 2.43. The van der Waals surface area contributed by atoms with Gasteiger partial charge >= 0.3 is 0 Å². The van der Waals surface area contributed by atoms with Gasteiger partial charge in [0.05, 0.1) is 19.3 Å². The average molecular weight is 305 g/mol.